The molecule has 0 unspecified atom stereocenters. The van der Waals surface area contributed by atoms with Gasteiger partial charge in [0.1, 0.15) is 0 Å². The molecule has 0 radical (unpaired) electrons. The van der Waals surface area contributed by atoms with Crippen molar-refractivity contribution in [1.82, 2.24) is 15.3 Å². The van der Waals surface area contributed by atoms with E-state index in [0.717, 1.165) is 11.8 Å². The van der Waals surface area contributed by atoms with Crippen molar-refractivity contribution >= 4 is 29.0 Å². The Balaban J connectivity index is 2.64. The number of aromatic nitrogens is 2. The Morgan fingerprint density at radius 3 is 1.83 bits per heavy atom. The number of imide groups is 1. The molecule has 2 heterocycles. The van der Waals surface area contributed by atoms with E-state index in [1.54, 1.807) is 0 Å². The van der Waals surface area contributed by atoms with Crippen molar-refractivity contribution < 1.29 is 14.7 Å². The minimum absolute atomic E-state index is 0.0757. The molecule has 1 saturated heterocycles. The Hall–Kier alpha value is -1.89. The number of nitrogens with one attached hydrogen (secondary N) is 1. The van der Waals surface area contributed by atoms with Gasteiger partial charge in [-0.3, -0.25) is 14.9 Å². The molecule has 2 rings (SSSR count). The molecule has 0 spiro atoms. The van der Waals surface area contributed by atoms with E-state index in [-0.39, 0.29) is 21.5 Å². The van der Waals surface area contributed by atoms with Crippen LogP contribution in [-0.2, 0) is 15.6 Å². The fourth-order valence-corrected chi connectivity index (χ4v) is 2.77. The van der Waals surface area contributed by atoms with Crippen LogP contribution in [0.2, 0.25) is 0 Å². The molecule has 2 amide bonds. The predicted molar refractivity (Wildman–Crippen MR) is 90.2 cm³/mol. The zero-order chi connectivity index (χ0) is 17.6. The number of carbonyl (C=O) groups is 2. The van der Waals surface area contributed by atoms with E-state index in [4.69, 9.17) is 0 Å². The number of hydrogen-bond acceptors (Lipinski definition) is 6. The standard InChI is InChI=1S/C16H21N3O3S/c1-15(2,3)11-10(20)12(16(4,5)6)18-9(17-11)7-8-13(21)19-14(22)23-8/h7,20H,1-6H3,(H,19,21,22)/b8-7-. The Morgan fingerprint density at radius 2 is 1.48 bits per heavy atom. The zero-order valence-corrected chi connectivity index (χ0v) is 15.0. The Kier molecular flexibility index (Phi) is 4.28. The summed E-state index contributed by atoms with van der Waals surface area (Å²) in [5.74, 6) is -0.0666. The number of nitrogens with zero attached hydrogens (tertiary/aromatic N) is 2. The van der Waals surface area contributed by atoms with Gasteiger partial charge in [0, 0.05) is 16.9 Å². The molecule has 124 valence electrons. The number of hydrogen-bond donors (Lipinski definition) is 2. The Labute approximate surface area is 139 Å². The molecule has 1 aromatic rings. The Morgan fingerprint density at radius 1 is 1.00 bits per heavy atom. The lowest BCUT2D eigenvalue weighted by atomic mass is 9.85. The highest BCUT2D eigenvalue weighted by atomic mass is 32.2. The molecule has 23 heavy (non-hydrogen) atoms. The van der Waals surface area contributed by atoms with Gasteiger partial charge in [0.25, 0.3) is 11.1 Å². The first kappa shape index (κ1) is 17.5. The summed E-state index contributed by atoms with van der Waals surface area (Å²) in [6, 6.07) is 0. The number of carbonyl (C=O) groups excluding carboxylic acids is 2. The van der Waals surface area contributed by atoms with Crippen molar-refractivity contribution in [3.63, 3.8) is 0 Å². The average Bonchev–Trinajstić information content (AvgIpc) is 2.67. The summed E-state index contributed by atoms with van der Waals surface area (Å²) in [6.45, 7) is 11.7. The van der Waals surface area contributed by atoms with Gasteiger partial charge >= 0.3 is 0 Å². The number of rotatable bonds is 1. The van der Waals surface area contributed by atoms with Crippen molar-refractivity contribution in [3.05, 3.63) is 22.1 Å². The number of thioether (sulfide) groups is 1. The molecule has 1 aromatic heterocycles. The average molecular weight is 335 g/mol. The van der Waals surface area contributed by atoms with Crippen LogP contribution in [0.4, 0.5) is 4.79 Å². The molecule has 7 heteroatoms. The largest absolute Gasteiger partial charge is 0.504 e. The topological polar surface area (TPSA) is 92.2 Å². The first-order chi connectivity index (χ1) is 10.4. The van der Waals surface area contributed by atoms with E-state index >= 15 is 0 Å². The van der Waals surface area contributed by atoms with E-state index in [9.17, 15) is 14.7 Å². The van der Waals surface area contributed by atoms with Crippen LogP contribution in [-0.4, -0.2) is 26.2 Å². The summed E-state index contributed by atoms with van der Waals surface area (Å²) >= 11 is 0.818. The highest BCUT2D eigenvalue weighted by Crippen LogP contribution is 2.37. The molecule has 0 atom stereocenters. The first-order valence-electron chi connectivity index (χ1n) is 7.26. The molecule has 1 aliphatic rings. The van der Waals surface area contributed by atoms with Gasteiger partial charge in [0.05, 0.1) is 16.3 Å². The molecule has 0 saturated carbocycles. The van der Waals surface area contributed by atoms with Gasteiger partial charge in [-0.15, -0.1) is 0 Å². The predicted octanol–water partition coefficient (Wildman–Crippen LogP) is 3.10. The molecule has 1 fully saturated rings. The fraction of sp³-hybridized carbons (Fsp3) is 0.500. The zero-order valence-electron chi connectivity index (χ0n) is 14.1. The van der Waals surface area contributed by atoms with Crippen LogP contribution >= 0.6 is 11.8 Å². The lowest BCUT2D eigenvalue weighted by molar-refractivity contribution is -0.115. The molecule has 0 aromatic carbocycles. The normalized spacial score (nSPS) is 17.7. The Bertz CT molecular complexity index is 677. The second-order valence-corrected chi connectivity index (χ2v) is 8.49. The van der Waals surface area contributed by atoms with Crippen LogP contribution in [0.1, 0.15) is 58.8 Å². The minimum Gasteiger partial charge on any atom is -0.504 e. The van der Waals surface area contributed by atoms with Crippen molar-refractivity contribution in [2.45, 2.75) is 52.4 Å². The summed E-state index contributed by atoms with van der Waals surface area (Å²) in [5, 5.41) is 12.3. The maximum atomic E-state index is 11.7. The van der Waals surface area contributed by atoms with Crippen LogP contribution in [0.15, 0.2) is 4.91 Å². The van der Waals surface area contributed by atoms with Gasteiger partial charge in [-0.1, -0.05) is 41.5 Å². The lowest BCUT2D eigenvalue weighted by Crippen LogP contribution is -2.21. The van der Waals surface area contributed by atoms with Crippen molar-refractivity contribution in [2.24, 2.45) is 0 Å². The summed E-state index contributed by atoms with van der Waals surface area (Å²) in [7, 11) is 0. The summed E-state index contributed by atoms with van der Waals surface area (Å²) in [5.41, 5.74) is 0.250. The number of aromatic hydroxyl groups is 1. The van der Waals surface area contributed by atoms with Crippen LogP contribution in [0.5, 0.6) is 5.75 Å². The third-order valence-electron chi connectivity index (χ3n) is 3.22. The third-order valence-corrected chi connectivity index (χ3v) is 4.03. The highest BCUT2D eigenvalue weighted by molar-refractivity contribution is 8.18. The maximum Gasteiger partial charge on any atom is 0.290 e. The SMILES string of the molecule is CC(C)(C)c1nc(/C=C2\SC(=O)NC2=O)nc(C(C)(C)C)c1O. The fourth-order valence-electron chi connectivity index (χ4n) is 2.12. The molecule has 6 nitrogen and oxygen atoms in total. The molecular formula is C16H21N3O3S. The van der Waals surface area contributed by atoms with Crippen molar-refractivity contribution in [3.8, 4) is 5.75 Å². The number of amides is 2. The minimum atomic E-state index is -0.453. The van der Waals surface area contributed by atoms with E-state index in [1.165, 1.54) is 6.08 Å². The van der Waals surface area contributed by atoms with Crippen LogP contribution in [0.25, 0.3) is 6.08 Å². The van der Waals surface area contributed by atoms with Crippen LogP contribution in [0.3, 0.4) is 0 Å². The van der Waals surface area contributed by atoms with Gasteiger partial charge in [0.2, 0.25) is 0 Å². The van der Waals surface area contributed by atoms with E-state index in [2.05, 4.69) is 15.3 Å². The van der Waals surface area contributed by atoms with Crippen molar-refractivity contribution in [1.29, 1.82) is 0 Å². The smallest absolute Gasteiger partial charge is 0.290 e. The van der Waals surface area contributed by atoms with E-state index < -0.39 is 11.1 Å². The summed E-state index contributed by atoms with van der Waals surface area (Å²) in [4.78, 5) is 32.0. The highest BCUT2D eigenvalue weighted by Gasteiger charge is 2.30. The van der Waals surface area contributed by atoms with Gasteiger partial charge < -0.3 is 5.11 Å². The second kappa shape index (κ2) is 5.63. The third kappa shape index (κ3) is 3.72. The van der Waals surface area contributed by atoms with Gasteiger partial charge in [-0.2, -0.15) is 0 Å². The summed E-state index contributed by atoms with van der Waals surface area (Å²) in [6.07, 6.45) is 1.48. The second-order valence-electron chi connectivity index (χ2n) is 7.48. The van der Waals surface area contributed by atoms with Gasteiger partial charge in [-0.05, 0) is 11.8 Å². The molecule has 0 bridgehead atoms. The van der Waals surface area contributed by atoms with E-state index in [1.807, 2.05) is 41.5 Å². The van der Waals surface area contributed by atoms with Gasteiger partial charge in [-0.25, -0.2) is 9.97 Å². The first-order valence-corrected chi connectivity index (χ1v) is 8.08. The maximum absolute atomic E-state index is 11.7. The molecular weight excluding hydrogens is 314 g/mol. The van der Waals surface area contributed by atoms with Gasteiger partial charge in [0.15, 0.2) is 11.6 Å². The monoisotopic (exact) mass is 335 g/mol. The quantitative estimate of drug-likeness (QED) is 0.766. The molecule has 0 aliphatic carbocycles. The lowest BCUT2D eigenvalue weighted by Gasteiger charge is -2.25. The van der Waals surface area contributed by atoms with Crippen LogP contribution < -0.4 is 5.32 Å². The molecule has 2 N–H and O–H groups in total. The van der Waals surface area contributed by atoms with Crippen LogP contribution in [0, 0.1) is 0 Å². The van der Waals surface area contributed by atoms with E-state index in [0.29, 0.717) is 17.2 Å². The summed E-state index contributed by atoms with van der Waals surface area (Å²) < 4.78 is 0. The van der Waals surface area contributed by atoms with Crippen molar-refractivity contribution in [2.75, 3.05) is 0 Å². The molecule has 1 aliphatic heterocycles.